The van der Waals surface area contributed by atoms with Crippen molar-refractivity contribution in [3.8, 4) is 0 Å². The molecule has 0 bridgehead atoms. The van der Waals surface area contributed by atoms with E-state index in [2.05, 4.69) is 41.6 Å². The molecule has 1 saturated heterocycles. The van der Waals surface area contributed by atoms with Gasteiger partial charge in [-0.15, -0.1) is 5.48 Å². The quantitative estimate of drug-likeness (QED) is 0.521. The van der Waals surface area contributed by atoms with E-state index in [0.29, 0.717) is 18.3 Å². The number of nitrogens with one attached hydrogen (secondary N) is 1. The van der Waals surface area contributed by atoms with Crippen molar-refractivity contribution >= 4 is 12.4 Å². The summed E-state index contributed by atoms with van der Waals surface area (Å²) in [6.07, 6.45) is 5.13. The number of unbranched alkanes of at least 4 members (excludes halogenated alkanes) is 1. The van der Waals surface area contributed by atoms with Crippen LogP contribution < -0.4 is 5.48 Å². The monoisotopic (exact) mass is 387 g/mol. The van der Waals surface area contributed by atoms with Crippen LogP contribution in [0.5, 0.6) is 0 Å². The number of likely N-dealkylation sites (N-methyl/N-ethyl adjacent to an activating group) is 1. The van der Waals surface area contributed by atoms with Gasteiger partial charge in [0.1, 0.15) is 6.29 Å². The molecule has 3 rings (SSSR count). The number of carbonyl (C=O) groups excluding carboxylic acids is 2. The van der Waals surface area contributed by atoms with E-state index < -0.39 is 12.1 Å². The Bertz CT molecular complexity index is 639. The van der Waals surface area contributed by atoms with Gasteiger partial charge in [-0.1, -0.05) is 50.1 Å². The summed E-state index contributed by atoms with van der Waals surface area (Å²) in [6, 6.07) is 10.3. The van der Waals surface area contributed by atoms with Gasteiger partial charge in [0, 0.05) is 32.7 Å². The summed E-state index contributed by atoms with van der Waals surface area (Å²) in [5.74, 6) is 1.16. The minimum Gasteiger partial charge on any atom is -0.353 e. The predicted octanol–water partition coefficient (Wildman–Crippen LogP) is 3.23. The van der Waals surface area contributed by atoms with Gasteiger partial charge in [-0.05, 0) is 36.7 Å². The zero-order valence-electron chi connectivity index (χ0n) is 17.0. The van der Waals surface area contributed by atoms with Crippen LogP contribution in [0.25, 0.3) is 0 Å². The van der Waals surface area contributed by atoms with Crippen LogP contribution in [-0.4, -0.2) is 54.4 Å². The number of carbonyl (C=O) groups is 2. The van der Waals surface area contributed by atoms with Crippen LogP contribution in [0.2, 0.25) is 0 Å². The summed E-state index contributed by atoms with van der Waals surface area (Å²) in [4.78, 5) is 32.9. The molecule has 1 aliphatic heterocycles. The Labute approximate surface area is 168 Å². The molecule has 0 unspecified atom stereocenters. The van der Waals surface area contributed by atoms with E-state index in [1.54, 1.807) is 7.05 Å². The molecule has 0 radical (unpaired) electrons. The molecule has 6 nitrogen and oxygen atoms in total. The minimum atomic E-state index is -0.476. The van der Waals surface area contributed by atoms with Crippen LogP contribution in [0.4, 0.5) is 4.79 Å². The Morgan fingerprint density at radius 2 is 2.11 bits per heavy atom. The zero-order valence-corrected chi connectivity index (χ0v) is 17.0. The summed E-state index contributed by atoms with van der Waals surface area (Å²) < 4.78 is 0. The van der Waals surface area contributed by atoms with Gasteiger partial charge in [0.25, 0.3) is 0 Å². The van der Waals surface area contributed by atoms with Gasteiger partial charge >= 0.3 is 6.09 Å². The van der Waals surface area contributed by atoms with Crippen LogP contribution in [-0.2, 0) is 16.2 Å². The van der Waals surface area contributed by atoms with Gasteiger partial charge in [0.2, 0.25) is 0 Å². The van der Waals surface area contributed by atoms with Crippen molar-refractivity contribution in [1.82, 2.24) is 15.3 Å². The fraction of sp³-hybridized carbons (Fsp3) is 0.636. The van der Waals surface area contributed by atoms with Gasteiger partial charge in [0.15, 0.2) is 0 Å². The normalized spacial score (nSPS) is 25.3. The number of hydrogen-bond acceptors (Lipinski definition) is 5. The highest BCUT2D eigenvalue weighted by Crippen LogP contribution is 2.38. The third kappa shape index (κ3) is 5.11. The van der Waals surface area contributed by atoms with E-state index >= 15 is 0 Å². The van der Waals surface area contributed by atoms with E-state index in [9.17, 15) is 9.59 Å². The van der Waals surface area contributed by atoms with E-state index in [1.807, 2.05) is 6.07 Å². The minimum absolute atomic E-state index is 0.188. The van der Waals surface area contributed by atoms with Crippen molar-refractivity contribution < 1.29 is 14.4 Å². The lowest BCUT2D eigenvalue weighted by molar-refractivity contribution is -0.112. The maximum Gasteiger partial charge on any atom is 0.429 e. The number of fused-ring (bicyclic) bond motifs is 1. The summed E-state index contributed by atoms with van der Waals surface area (Å²) in [5, 5.41) is 0. The first-order chi connectivity index (χ1) is 13.6. The highest BCUT2D eigenvalue weighted by atomic mass is 16.7. The van der Waals surface area contributed by atoms with E-state index in [1.165, 1.54) is 10.5 Å². The molecule has 1 aliphatic carbocycles. The lowest BCUT2D eigenvalue weighted by atomic mass is 9.98. The molecule has 1 N–H and O–H groups in total. The largest absolute Gasteiger partial charge is 0.429 e. The molecule has 0 aromatic heterocycles. The standard InChI is InChI=1S/C22H33N3O3/c1-3-4-10-19(16-26)24(2)22(27)28-23-21-12-11-18-14-25(15-20(18)21)13-17-8-6-5-7-9-17/h5-9,16,18-21,23H,3-4,10-15H2,1-2H3/t18-,19+,20+,21+/m1/s1. The highest BCUT2D eigenvalue weighted by Gasteiger charge is 2.43. The van der Waals surface area contributed by atoms with E-state index in [4.69, 9.17) is 4.84 Å². The fourth-order valence-corrected chi connectivity index (χ4v) is 4.57. The van der Waals surface area contributed by atoms with Crippen molar-refractivity contribution in [2.75, 3.05) is 20.1 Å². The molecule has 2 fully saturated rings. The van der Waals surface area contributed by atoms with Crippen LogP contribution in [0.3, 0.4) is 0 Å². The Kier molecular flexibility index (Phi) is 7.45. The first-order valence-electron chi connectivity index (χ1n) is 10.5. The Balaban J connectivity index is 1.46. The topological polar surface area (TPSA) is 61.9 Å². The van der Waals surface area contributed by atoms with Crippen molar-refractivity contribution in [3.63, 3.8) is 0 Å². The number of amides is 1. The maximum absolute atomic E-state index is 12.3. The van der Waals surface area contributed by atoms with Crippen molar-refractivity contribution in [2.45, 2.75) is 57.7 Å². The molecule has 1 aromatic rings. The SMILES string of the molecule is CCCC[C@@H](C=O)N(C)C(=O)ON[C@H]1CC[C@@H]2CN(Cc3ccccc3)C[C@@H]21. The fourth-order valence-electron chi connectivity index (χ4n) is 4.57. The molecular formula is C22H33N3O3. The van der Waals surface area contributed by atoms with Gasteiger partial charge < -0.3 is 14.5 Å². The number of hydrogen-bond donors (Lipinski definition) is 1. The maximum atomic E-state index is 12.3. The number of benzene rings is 1. The second-order valence-corrected chi connectivity index (χ2v) is 8.23. The van der Waals surface area contributed by atoms with Crippen molar-refractivity contribution in [3.05, 3.63) is 35.9 Å². The summed E-state index contributed by atoms with van der Waals surface area (Å²) in [7, 11) is 1.63. The lowest BCUT2D eigenvalue weighted by Gasteiger charge is -2.25. The van der Waals surface area contributed by atoms with Gasteiger partial charge in [-0.3, -0.25) is 4.90 Å². The van der Waals surface area contributed by atoms with E-state index in [-0.39, 0.29) is 6.04 Å². The van der Waals surface area contributed by atoms with Crippen LogP contribution in [0, 0.1) is 11.8 Å². The first-order valence-corrected chi connectivity index (χ1v) is 10.5. The average Bonchev–Trinajstić information content (AvgIpc) is 3.27. The predicted molar refractivity (Wildman–Crippen MR) is 108 cm³/mol. The third-order valence-electron chi connectivity index (χ3n) is 6.28. The van der Waals surface area contributed by atoms with Gasteiger partial charge in [-0.25, -0.2) is 4.79 Å². The second-order valence-electron chi connectivity index (χ2n) is 8.23. The molecule has 1 saturated carbocycles. The van der Waals surface area contributed by atoms with Gasteiger partial charge in [0.05, 0.1) is 6.04 Å². The number of nitrogens with zero attached hydrogens (tertiary/aromatic N) is 2. The molecule has 2 aliphatic rings. The Hall–Kier alpha value is -1.92. The zero-order chi connectivity index (χ0) is 19.9. The third-order valence-corrected chi connectivity index (χ3v) is 6.28. The molecule has 0 spiro atoms. The molecule has 4 atom stereocenters. The lowest BCUT2D eigenvalue weighted by Crippen LogP contribution is -2.44. The van der Waals surface area contributed by atoms with Crippen molar-refractivity contribution in [1.29, 1.82) is 0 Å². The summed E-state index contributed by atoms with van der Waals surface area (Å²) in [6.45, 7) is 5.18. The molecule has 6 heteroatoms. The molecule has 28 heavy (non-hydrogen) atoms. The van der Waals surface area contributed by atoms with Crippen LogP contribution in [0.15, 0.2) is 30.3 Å². The number of likely N-dealkylation sites (tertiary alicyclic amines) is 1. The number of aldehydes is 1. The summed E-state index contributed by atoms with van der Waals surface area (Å²) in [5.41, 5.74) is 4.36. The Morgan fingerprint density at radius 1 is 1.32 bits per heavy atom. The smallest absolute Gasteiger partial charge is 0.353 e. The Morgan fingerprint density at radius 3 is 2.82 bits per heavy atom. The average molecular weight is 388 g/mol. The molecule has 1 heterocycles. The summed E-state index contributed by atoms with van der Waals surface area (Å²) >= 11 is 0. The molecule has 154 valence electrons. The van der Waals surface area contributed by atoms with Crippen molar-refractivity contribution in [2.24, 2.45) is 11.8 Å². The van der Waals surface area contributed by atoms with Crippen LogP contribution in [0.1, 0.15) is 44.6 Å². The molecular weight excluding hydrogens is 354 g/mol. The molecule has 1 amide bonds. The van der Waals surface area contributed by atoms with Crippen LogP contribution >= 0.6 is 0 Å². The highest BCUT2D eigenvalue weighted by molar-refractivity contribution is 5.72. The number of hydroxylamine groups is 1. The first kappa shape index (κ1) is 20.8. The second kappa shape index (κ2) is 10.0. The van der Waals surface area contributed by atoms with E-state index in [0.717, 1.165) is 51.6 Å². The number of rotatable bonds is 9. The molecule has 1 aromatic carbocycles. The van der Waals surface area contributed by atoms with Gasteiger partial charge in [-0.2, -0.15) is 0 Å².